The van der Waals surface area contributed by atoms with E-state index in [0.717, 1.165) is 17.1 Å². The Kier molecular flexibility index (Phi) is 9.09. The number of anilines is 1. The van der Waals surface area contributed by atoms with Crippen LogP contribution < -0.4 is 14.8 Å². The smallest absolute Gasteiger partial charge is 0.238 e. The molecule has 3 aromatic carbocycles. The third-order valence-electron chi connectivity index (χ3n) is 5.68. The number of halogens is 1. The fraction of sp³-hybridized carbons (Fsp3) is 0.250. The van der Waals surface area contributed by atoms with Crippen LogP contribution in [-0.2, 0) is 16.0 Å². The van der Waals surface area contributed by atoms with Gasteiger partial charge in [0.05, 0.1) is 19.4 Å². The number of carbonyl (C=O) groups is 2. The number of amidine groups is 1. The highest BCUT2D eigenvalue weighted by Crippen LogP contribution is 2.31. The summed E-state index contributed by atoms with van der Waals surface area (Å²) in [6.45, 7) is 2.91. The number of ether oxygens (including phenoxy) is 2. The van der Waals surface area contributed by atoms with Crippen molar-refractivity contribution < 1.29 is 19.1 Å². The molecule has 1 unspecified atom stereocenters. The molecule has 1 aliphatic heterocycles. The zero-order valence-corrected chi connectivity index (χ0v) is 22.2. The zero-order chi connectivity index (χ0) is 26.2. The number of thioether (sulfide) groups is 1. The monoisotopic (exact) mass is 537 g/mol. The van der Waals surface area contributed by atoms with E-state index < -0.39 is 5.25 Å². The van der Waals surface area contributed by atoms with E-state index in [1.54, 1.807) is 54.5 Å². The van der Waals surface area contributed by atoms with Gasteiger partial charge in [-0.05, 0) is 73.5 Å². The van der Waals surface area contributed by atoms with Crippen molar-refractivity contribution in [3.63, 3.8) is 0 Å². The van der Waals surface area contributed by atoms with Crippen molar-refractivity contribution in [1.29, 1.82) is 0 Å². The first-order valence-corrected chi connectivity index (χ1v) is 13.2. The van der Waals surface area contributed by atoms with Crippen LogP contribution in [0.1, 0.15) is 18.9 Å². The highest BCUT2D eigenvalue weighted by atomic mass is 35.5. The molecule has 1 atom stereocenters. The van der Waals surface area contributed by atoms with Gasteiger partial charge in [0.15, 0.2) is 5.17 Å². The van der Waals surface area contributed by atoms with E-state index in [9.17, 15) is 9.59 Å². The first kappa shape index (κ1) is 26.6. The molecule has 9 heteroatoms. The van der Waals surface area contributed by atoms with Gasteiger partial charge in [-0.15, -0.1) is 0 Å². The average Bonchev–Trinajstić information content (AvgIpc) is 2.89. The van der Waals surface area contributed by atoms with Crippen LogP contribution in [0.4, 0.5) is 11.4 Å². The number of hydrogen-bond donors (Lipinski definition) is 1. The molecule has 0 aliphatic carbocycles. The molecule has 0 aromatic heterocycles. The summed E-state index contributed by atoms with van der Waals surface area (Å²) in [6.07, 6.45) is 0.707. The minimum Gasteiger partial charge on any atom is -0.497 e. The summed E-state index contributed by atoms with van der Waals surface area (Å²) in [4.78, 5) is 32.7. The Morgan fingerprint density at radius 2 is 1.84 bits per heavy atom. The number of benzene rings is 3. The number of amides is 2. The second-order valence-electron chi connectivity index (χ2n) is 8.27. The first-order chi connectivity index (χ1) is 17.9. The summed E-state index contributed by atoms with van der Waals surface area (Å²) in [7, 11) is 1.62. The van der Waals surface area contributed by atoms with E-state index in [4.69, 9.17) is 26.1 Å². The molecule has 0 saturated carbocycles. The van der Waals surface area contributed by atoms with Gasteiger partial charge >= 0.3 is 0 Å². The van der Waals surface area contributed by atoms with Crippen LogP contribution in [0.2, 0.25) is 5.02 Å². The third-order valence-corrected chi connectivity index (χ3v) is 7.10. The van der Waals surface area contributed by atoms with Crippen molar-refractivity contribution in [1.82, 2.24) is 4.90 Å². The fourth-order valence-electron chi connectivity index (χ4n) is 3.77. The van der Waals surface area contributed by atoms with E-state index in [1.165, 1.54) is 11.8 Å². The van der Waals surface area contributed by atoms with E-state index in [2.05, 4.69) is 5.32 Å². The second kappa shape index (κ2) is 12.7. The Morgan fingerprint density at radius 1 is 1.11 bits per heavy atom. The molecule has 7 nitrogen and oxygen atoms in total. The van der Waals surface area contributed by atoms with Gasteiger partial charge < -0.3 is 14.8 Å². The van der Waals surface area contributed by atoms with Gasteiger partial charge in [0.2, 0.25) is 11.8 Å². The number of hydrogen-bond acceptors (Lipinski definition) is 6. The van der Waals surface area contributed by atoms with Crippen molar-refractivity contribution in [3.8, 4) is 11.5 Å². The molecular weight excluding hydrogens is 510 g/mol. The number of nitrogens with one attached hydrogen (secondary N) is 1. The summed E-state index contributed by atoms with van der Waals surface area (Å²) in [5.74, 6) is 1.10. The molecule has 0 bridgehead atoms. The predicted molar refractivity (Wildman–Crippen MR) is 149 cm³/mol. The summed E-state index contributed by atoms with van der Waals surface area (Å²) < 4.78 is 10.7. The van der Waals surface area contributed by atoms with Crippen LogP contribution in [0.25, 0.3) is 0 Å². The number of rotatable bonds is 9. The molecule has 0 radical (unpaired) electrons. The number of carbonyl (C=O) groups excluding carboxylic acids is 2. The average molecular weight is 538 g/mol. The molecule has 3 aromatic rings. The predicted octanol–water partition coefficient (Wildman–Crippen LogP) is 5.95. The lowest BCUT2D eigenvalue weighted by Crippen LogP contribution is -2.46. The largest absolute Gasteiger partial charge is 0.497 e. The molecule has 192 valence electrons. The topological polar surface area (TPSA) is 80.2 Å². The minimum absolute atomic E-state index is 0.0741. The Balaban J connectivity index is 1.51. The van der Waals surface area contributed by atoms with Crippen LogP contribution >= 0.6 is 23.4 Å². The SMILES string of the molecule is CCOc1ccc(NC(=O)C2CC(=O)N(CCc3ccc(OC)cc3)C(=Nc3cccc(Cl)c3)S2)cc1. The maximum Gasteiger partial charge on any atom is 0.238 e. The maximum atomic E-state index is 13.3. The molecule has 1 saturated heterocycles. The van der Waals surface area contributed by atoms with Crippen LogP contribution in [0, 0.1) is 0 Å². The van der Waals surface area contributed by atoms with Crippen LogP contribution in [0.5, 0.6) is 11.5 Å². The lowest BCUT2D eigenvalue weighted by atomic mass is 10.1. The fourth-order valence-corrected chi connectivity index (χ4v) is 5.08. The Hall–Kier alpha value is -3.49. The van der Waals surface area contributed by atoms with Crippen LogP contribution in [0.15, 0.2) is 77.8 Å². The van der Waals surface area contributed by atoms with E-state index in [0.29, 0.717) is 41.1 Å². The second-order valence-corrected chi connectivity index (χ2v) is 9.88. The standard InChI is InChI=1S/C28H28ClN3O4S/c1-3-36-24-13-9-21(10-14-24)30-27(34)25-18-26(33)32(16-15-19-7-11-23(35-2)12-8-19)28(37-25)31-22-6-4-5-20(29)17-22/h4-14,17,25H,3,15-16,18H2,1-2H3,(H,30,34). The molecule has 1 aliphatic rings. The summed E-state index contributed by atoms with van der Waals surface area (Å²) >= 11 is 7.43. The van der Waals surface area contributed by atoms with Gasteiger partial charge in [0, 0.05) is 23.7 Å². The molecule has 37 heavy (non-hydrogen) atoms. The lowest BCUT2D eigenvalue weighted by Gasteiger charge is -2.32. The lowest BCUT2D eigenvalue weighted by molar-refractivity contribution is -0.129. The normalized spacial score (nSPS) is 16.5. The van der Waals surface area contributed by atoms with Crippen LogP contribution in [-0.4, -0.2) is 47.4 Å². The minimum atomic E-state index is -0.616. The van der Waals surface area contributed by atoms with Gasteiger partial charge in [-0.3, -0.25) is 14.5 Å². The molecule has 2 amide bonds. The van der Waals surface area contributed by atoms with E-state index in [-0.39, 0.29) is 18.2 Å². The first-order valence-electron chi connectivity index (χ1n) is 11.9. The van der Waals surface area contributed by atoms with Crippen molar-refractivity contribution in [2.75, 3.05) is 25.6 Å². The highest BCUT2D eigenvalue weighted by molar-refractivity contribution is 8.15. The molecule has 4 rings (SSSR count). The van der Waals surface area contributed by atoms with E-state index in [1.807, 2.05) is 37.3 Å². The number of nitrogens with zero attached hydrogens (tertiary/aromatic N) is 2. The molecule has 1 N–H and O–H groups in total. The molecule has 1 fully saturated rings. The summed E-state index contributed by atoms with van der Waals surface area (Å²) in [5.41, 5.74) is 2.32. The van der Waals surface area contributed by atoms with Crippen molar-refractivity contribution >= 4 is 51.7 Å². The van der Waals surface area contributed by atoms with Gasteiger partial charge in [-0.2, -0.15) is 0 Å². The van der Waals surface area contributed by atoms with Crippen LogP contribution in [0.3, 0.4) is 0 Å². The highest BCUT2D eigenvalue weighted by Gasteiger charge is 2.35. The third kappa shape index (κ3) is 7.27. The van der Waals surface area contributed by atoms with E-state index >= 15 is 0 Å². The van der Waals surface area contributed by atoms with Gasteiger partial charge in [0.25, 0.3) is 0 Å². The zero-order valence-electron chi connectivity index (χ0n) is 20.6. The molecule has 0 spiro atoms. The Labute approximate surface area is 225 Å². The quantitative estimate of drug-likeness (QED) is 0.365. The van der Waals surface area contributed by atoms with Gasteiger partial charge in [0.1, 0.15) is 16.7 Å². The molecule has 1 heterocycles. The van der Waals surface area contributed by atoms with Gasteiger partial charge in [-0.25, -0.2) is 4.99 Å². The Bertz CT molecular complexity index is 1270. The summed E-state index contributed by atoms with van der Waals surface area (Å²) in [6, 6.07) is 22.0. The van der Waals surface area contributed by atoms with Gasteiger partial charge in [-0.1, -0.05) is 41.6 Å². The Morgan fingerprint density at radius 3 is 2.51 bits per heavy atom. The number of methoxy groups -OCH3 is 1. The maximum absolute atomic E-state index is 13.3. The van der Waals surface area contributed by atoms with Crippen molar-refractivity contribution in [2.45, 2.75) is 25.0 Å². The summed E-state index contributed by atoms with van der Waals surface area (Å²) in [5, 5.41) is 3.30. The number of aliphatic imine (C=N–C) groups is 1. The van der Waals surface area contributed by atoms with Crippen molar-refractivity contribution in [3.05, 3.63) is 83.4 Å². The van der Waals surface area contributed by atoms with Crippen molar-refractivity contribution in [2.24, 2.45) is 4.99 Å². The molecular formula is C28H28ClN3O4S.